The largest absolute Gasteiger partial charge is 3.00 e. The van der Waals surface area contributed by atoms with Gasteiger partial charge >= 0.3 is 26.3 Å². The van der Waals surface area contributed by atoms with Crippen molar-refractivity contribution in [1.82, 2.24) is 44.3 Å². The number of imidazole rings is 1. The number of hydrogen-bond acceptors (Lipinski definition) is 7. The van der Waals surface area contributed by atoms with Crippen molar-refractivity contribution in [2.24, 2.45) is 7.05 Å². The van der Waals surface area contributed by atoms with Gasteiger partial charge in [0.2, 0.25) is 0 Å². The summed E-state index contributed by atoms with van der Waals surface area (Å²) in [5.74, 6) is -0.930. The number of hydrogen-bond donors (Lipinski definition) is 0. The van der Waals surface area contributed by atoms with E-state index in [1.807, 2.05) is 84.1 Å². The molecule has 11 nitrogen and oxygen atoms in total. The number of benzene rings is 4. The van der Waals surface area contributed by atoms with Gasteiger partial charge < -0.3 is 24.1 Å². The smallest absolute Gasteiger partial charge is 0.537 e. The molecule has 0 amide bonds. The maximum absolute atomic E-state index is 13.3. The third-order valence-electron chi connectivity index (χ3n) is 8.23. The Hall–Kier alpha value is -6.45. The van der Waals surface area contributed by atoms with Crippen LogP contribution in [-0.4, -0.2) is 52.4 Å². The first kappa shape index (κ1) is 44.6. The van der Waals surface area contributed by atoms with Gasteiger partial charge in [0.1, 0.15) is 11.6 Å². The van der Waals surface area contributed by atoms with Crippen molar-refractivity contribution >= 4 is 0 Å². The Balaban J connectivity index is 0.000000173. The normalized spacial score (nSPS) is 10.8. The summed E-state index contributed by atoms with van der Waals surface area (Å²) in [5, 5.41) is 15.3. The van der Waals surface area contributed by atoms with Crippen molar-refractivity contribution in [3.63, 3.8) is 0 Å². The molecule has 4 heterocycles. The molecule has 8 aromatic rings. The van der Waals surface area contributed by atoms with Crippen LogP contribution < -0.4 is 14.6 Å². The minimum Gasteiger partial charge on any atom is -0.537 e. The molecule has 0 aliphatic heterocycles. The molecule has 0 fully saturated rings. The van der Waals surface area contributed by atoms with Gasteiger partial charge in [0, 0.05) is 72.2 Å². The zero-order valence-corrected chi connectivity index (χ0v) is 34.8. The fraction of sp³-hybridized carbons (Fsp3) is 0.186. The van der Waals surface area contributed by atoms with E-state index in [-0.39, 0.29) is 43.4 Å². The van der Waals surface area contributed by atoms with E-state index in [2.05, 4.69) is 66.8 Å². The van der Waals surface area contributed by atoms with Crippen molar-refractivity contribution in [3.8, 4) is 45.7 Å². The van der Waals surface area contributed by atoms with Crippen molar-refractivity contribution in [1.29, 1.82) is 0 Å². The van der Waals surface area contributed by atoms with E-state index in [1.54, 1.807) is 13.2 Å². The van der Waals surface area contributed by atoms with Gasteiger partial charge in [-0.2, -0.15) is 13.2 Å². The van der Waals surface area contributed by atoms with E-state index in [0.29, 0.717) is 48.9 Å². The van der Waals surface area contributed by atoms with Crippen LogP contribution in [0.4, 0.5) is 22.0 Å². The first-order chi connectivity index (χ1) is 28.5. The van der Waals surface area contributed by atoms with Crippen LogP contribution in [0.15, 0.2) is 122 Å². The Labute approximate surface area is 356 Å². The molecule has 8 rings (SSSR count). The maximum atomic E-state index is 13.3. The Morgan fingerprint density at radius 2 is 1.18 bits per heavy atom. The monoisotopic (exact) mass is 999 g/mol. The SMILES string of the molecule is CCOc1cc(F)c[c-]c1-c1ccn(Cc2ccccc2)n1.CCOc1cc(F)c[c-]c1-c1ccn(Cc2ccccc2)n1.Cn1ccnc1-c1nc(C(F)(F)F)n[n-]1.[Ir+3]. The Morgan fingerprint density at radius 3 is 1.58 bits per heavy atom. The summed E-state index contributed by atoms with van der Waals surface area (Å²) >= 11 is 0. The Bertz CT molecular complexity index is 2410. The summed E-state index contributed by atoms with van der Waals surface area (Å²) in [4.78, 5) is 7.07. The summed E-state index contributed by atoms with van der Waals surface area (Å²) < 4.78 is 79.3. The molecule has 60 heavy (non-hydrogen) atoms. The third-order valence-corrected chi connectivity index (χ3v) is 8.23. The van der Waals surface area contributed by atoms with Crippen molar-refractivity contribution < 1.29 is 51.5 Å². The van der Waals surface area contributed by atoms with Crippen LogP contribution in [0.25, 0.3) is 34.2 Å². The van der Waals surface area contributed by atoms with Gasteiger partial charge in [0.25, 0.3) is 0 Å². The minimum absolute atomic E-state index is 0. The van der Waals surface area contributed by atoms with Crippen molar-refractivity contribution in [2.45, 2.75) is 33.1 Å². The first-order valence-electron chi connectivity index (χ1n) is 18.3. The van der Waals surface area contributed by atoms with Gasteiger partial charge in [-0.15, -0.1) is 24.3 Å². The van der Waals surface area contributed by atoms with Gasteiger partial charge in [-0.05, 0) is 25.0 Å². The van der Waals surface area contributed by atoms with Crippen LogP contribution in [-0.2, 0) is 46.4 Å². The molecule has 0 atom stereocenters. The minimum atomic E-state index is -4.57. The predicted molar refractivity (Wildman–Crippen MR) is 209 cm³/mol. The second-order valence-electron chi connectivity index (χ2n) is 12.6. The van der Waals surface area contributed by atoms with Crippen LogP contribution >= 0.6 is 0 Å². The van der Waals surface area contributed by atoms with Crippen LogP contribution in [0.3, 0.4) is 0 Å². The molecule has 310 valence electrons. The van der Waals surface area contributed by atoms with Crippen LogP contribution in [0.2, 0.25) is 0 Å². The van der Waals surface area contributed by atoms with E-state index in [1.165, 1.54) is 46.2 Å². The topological polar surface area (TPSA) is 112 Å². The molecule has 0 N–H and O–H groups in total. The Morgan fingerprint density at radius 1 is 0.700 bits per heavy atom. The fourth-order valence-electron chi connectivity index (χ4n) is 5.58. The van der Waals surface area contributed by atoms with E-state index >= 15 is 0 Å². The van der Waals surface area contributed by atoms with Crippen molar-refractivity contribution in [2.75, 3.05) is 13.2 Å². The van der Waals surface area contributed by atoms with Gasteiger partial charge in [-0.3, -0.25) is 23.2 Å². The van der Waals surface area contributed by atoms with Crippen LogP contribution in [0.5, 0.6) is 11.5 Å². The third kappa shape index (κ3) is 12.1. The molecule has 0 spiro atoms. The van der Waals surface area contributed by atoms with E-state index < -0.39 is 12.0 Å². The quantitative estimate of drug-likeness (QED) is 0.0936. The first-order valence-corrected chi connectivity index (χ1v) is 18.3. The van der Waals surface area contributed by atoms with Gasteiger partial charge in [-0.1, -0.05) is 96.1 Å². The molecule has 4 aromatic heterocycles. The molecule has 0 aliphatic rings. The van der Waals surface area contributed by atoms with E-state index in [0.717, 1.165) is 11.4 Å². The standard InChI is InChI=1S/2C18H16FN2O.C7H5F3N5.Ir/c2*1-2-22-18-12-15(19)8-9-16(18)17-10-11-21(20-17)13-14-6-4-3-5-7-14;1-15-3-2-11-5(15)4-12-6(14-13-4)7(8,9)10;/h2*3-8,10-12H,2,13H2,1H3;2-3H,1H3;/q3*-1;+3. The second kappa shape index (κ2) is 21.0. The van der Waals surface area contributed by atoms with Crippen molar-refractivity contribution in [3.05, 3.63) is 163 Å². The molecule has 4 aromatic carbocycles. The molecule has 0 saturated carbocycles. The fourth-order valence-corrected chi connectivity index (χ4v) is 5.58. The number of ether oxygens (including phenoxy) is 2. The van der Waals surface area contributed by atoms with Crippen LogP contribution in [0, 0.1) is 23.8 Å². The molecule has 0 bridgehead atoms. The summed E-state index contributed by atoms with van der Waals surface area (Å²) in [6.45, 7) is 6.04. The summed E-state index contributed by atoms with van der Waals surface area (Å²) in [6, 6.07) is 35.1. The Kier molecular flexibility index (Phi) is 15.6. The van der Waals surface area contributed by atoms with E-state index in [9.17, 15) is 22.0 Å². The van der Waals surface area contributed by atoms with Gasteiger partial charge in [0.05, 0.1) is 26.3 Å². The molecule has 17 heteroatoms. The number of rotatable bonds is 11. The average Bonchev–Trinajstić information content (AvgIpc) is 4.06. The predicted octanol–water partition coefficient (Wildman–Crippen LogP) is 8.72. The number of halogens is 5. The second-order valence-corrected chi connectivity index (χ2v) is 12.6. The van der Waals surface area contributed by atoms with E-state index in [4.69, 9.17) is 9.47 Å². The van der Waals surface area contributed by atoms with Gasteiger partial charge in [0.15, 0.2) is 0 Å². The van der Waals surface area contributed by atoms with Gasteiger partial charge in [-0.25, -0.2) is 15.2 Å². The molecule has 0 radical (unpaired) electrons. The zero-order chi connectivity index (χ0) is 41.8. The number of alkyl halides is 3. The molecule has 0 unspecified atom stereocenters. The summed E-state index contributed by atoms with van der Waals surface area (Å²) in [7, 11) is 1.63. The van der Waals surface area contributed by atoms with Crippen LogP contribution in [0.1, 0.15) is 30.8 Å². The molecular formula is C43H37F5IrN9O2. The zero-order valence-electron chi connectivity index (χ0n) is 32.4. The number of nitrogens with zero attached hydrogens (tertiary/aromatic N) is 9. The number of aromatic nitrogens is 9. The maximum Gasteiger partial charge on any atom is 3.00 e. The summed E-state index contributed by atoms with van der Waals surface area (Å²) in [5.41, 5.74) is 5.14. The number of aryl methyl sites for hydroxylation is 1. The molecule has 0 saturated heterocycles. The molecule has 0 aliphatic carbocycles. The average molecular weight is 999 g/mol. The molecular weight excluding hydrogens is 962 g/mol. The summed E-state index contributed by atoms with van der Waals surface area (Å²) in [6.07, 6.45) is 2.25.